The molecule has 7 nitrogen and oxygen atoms in total. The van der Waals surface area contributed by atoms with Gasteiger partial charge in [-0.2, -0.15) is 5.10 Å². The van der Waals surface area contributed by atoms with Gasteiger partial charge in [0, 0.05) is 12.0 Å². The Kier molecular flexibility index (Phi) is 5.68. The number of aromatic nitrogens is 3. The summed E-state index contributed by atoms with van der Waals surface area (Å²) in [5.74, 6) is 0.964. The Balaban J connectivity index is 1.90. The highest BCUT2D eigenvalue weighted by Crippen LogP contribution is 2.32. The van der Waals surface area contributed by atoms with Crippen LogP contribution in [0.3, 0.4) is 0 Å². The number of ether oxygens (including phenoxy) is 1. The van der Waals surface area contributed by atoms with Crippen LogP contribution in [0.25, 0.3) is 0 Å². The van der Waals surface area contributed by atoms with E-state index in [9.17, 15) is 9.90 Å². The van der Waals surface area contributed by atoms with Crippen LogP contribution in [0.4, 0.5) is 0 Å². The Morgan fingerprint density at radius 1 is 1.38 bits per heavy atom. The molecule has 0 bridgehead atoms. The van der Waals surface area contributed by atoms with Crippen molar-refractivity contribution in [3.8, 4) is 0 Å². The second-order valence-electron chi connectivity index (χ2n) is 6.96. The molecule has 1 aromatic carbocycles. The van der Waals surface area contributed by atoms with Crippen molar-refractivity contribution < 1.29 is 14.6 Å². The fourth-order valence-electron chi connectivity index (χ4n) is 3.45. The van der Waals surface area contributed by atoms with Crippen molar-refractivity contribution >= 4 is 5.97 Å². The summed E-state index contributed by atoms with van der Waals surface area (Å²) in [6.45, 7) is 2.64. The zero-order chi connectivity index (χ0) is 18.7. The van der Waals surface area contributed by atoms with Gasteiger partial charge in [0.2, 0.25) is 0 Å². The quantitative estimate of drug-likeness (QED) is 0.781. The molecule has 1 fully saturated rings. The van der Waals surface area contributed by atoms with Crippen molar-refractivity contribution in [1.82, 2.24) is 14.8 Å². The van der Waals surface area contributed by atoms with Crippen LogP contribution in [0, 0.1) is 6.92 Å². The largest absolute Gasteiger partial charge is 0.469 e. The molecule has 3 N–H and O–H groups in total. The molecule has 1 aromatic heterocycles. The van der Waals surface area contributed by atoms with E-state index in [4.69, 9.17) is 10.5 Å². The number of carbonyl (C=O) groups is 1. The molecule has 0 saturated heterocycles. The highest BCUT2D eigenvalue weighted by molar-refractivity contribution is 5.71. The first kappa shape index (κ1) is 18.5. The Morgan fingerprint density at radius 3 is 2.85 bits per heavy atom. The average molecular weight is 358 g/mol. The van der Waals surface area contributed by atoms with Gasteiger partial charge in [-0.25, -0.2) is 9.67 Å². The van der Waals surface area contributed by atoms with Crippen LogP contribution in [0.1, 0.15) is 48.0 Å². The first-order valence-corrected chi connectivity index (χ1v) is 8.96. The maximum Gasteiger partial charge on any atom is 0.313 e. The number of nitrogens with two attached hydrogens (primary N) is 1. The number of aliphatic hydroxyl groups excluding tert-OH is 1. The van der Waals surface area contributed by atoms with Crippen molar-refractivity contribution in [2.24, 2.45) is 5.73 Å². The van der Waals surface area contributed by atoms with Gasteiger partial charge >= 0.3 is 5.97 Å². The zero-order valence-electron chi connectivity index (χ0n) is 15.3. The van der Waals surface area contributed by atoms with Crippen molar-refractivity contribution in [3.63, 3.8) is 0 Å². The first-order valence-electron chi connectivity index (χ1n) is 8.96. The molecule has 2 aromatic rings. The third-order valence-corrected chi connectivity index (χ3v) is 5.09. The highest BCUT2D eigenvalue weighted by Gasteiger charge is 2.31. The van der Waals surface area contributed by atoms with Gasteiger partial charge in [-0.3, -0.25) is 4.79 Å². The highest BCUT2D eigenvalue weighted by atomic mass is 16.5. The minimum Gasteiger partial charge on any atom is -0.469 e. The zero-order valence-corrected chi connectivity index (χ0v) is 15.3. The number of benzene rings is 1. The second kappa shape index (κ2) is 7.97. The molecule has 0 spiro atoms. The third kappa shape index (κ3) is 4.11. The SMILES string of the molecule is COC(=O)Cc1nc([C@H]2CC[C@@H](N)[C@H](O)C2)n(Cc2ccccc2C)n1. The Labute approximate surface area is 153 Å². The van der Waals surface area contributed by atoms with Crippen LogP contribution in [-0.4, -0.2) is 45.1 Å². The van der Waals surface area contributed by atoms with E-state index >= 15 is 0 Å². The number of aryl methyl sites for hydroxylation is 1. The summed E-state index contributed by atoms with van der Waals surface area (Å²) in [7, 11) is 1.35. The summed E-state index contributed by atoms with van der Waals surface area (Å²) < 4.78 is 6.59. The third-order valence-electron chi connectivity index (χ3n) is 5.09. The molecule has 26 heavy (non-hydrogen) atoms. The minimum absolute atomic E-state index is 0.0407. The van der Waals surface area contributed by atoms with Crippen LogP contribution in [-0.2, 0) is 22.5 Å². The predicted octanol–water partition coefficient (Wildman–Crippen LogP) is 1.31. The van der Waals surface area contributed by atoms with Gasteiger partial charge in [0.05, 0.1) is 19.8 Å². The van der Waals surface area contributed by atoms with Crippen molar-refractivity contribution in [1.29, 1.82) is 0 Å². The number of hydrogen-bond donors (Lipinski definition) is 2. The molecule has 1 aliphatic rings. The standard InChI is InChI=1S/C19H26N4O3/c1-12-5-3-4-6-14(12)11-23-19(13-7-8-15(20)16(24)9-13)21-17(22-23)10-18(25)26-2/h3-6,13,15-16,24H,7-11,20H2,1-2H3/t13-,15+,16+/m0/s1. The number of esters is 1. The summed E-state index contributed by atoms with van der Waals surface area (Å²) in [6, 6.07) is 7.94. The first-order chi connectivity index (χ1) is 12.5. The van der Waals surface area contributed by atoms with Gasteiger partial charge in [-0.05, 0) is 37.3 Å². The minimum atomic E-state index is -0.540. The smallest absolute Gasteiger partial charge is 0.313 e. The number of methoxy groups -OCH3 is 1. The van der Waals surface area contributed by atoms with Gasteiger partial charge in [0.15, 0.2) is 5.82 Å². The summed E-state index contributed by atoms with van der Waals surface area (Å²) in [5.41, 5.74) is 8.26. The molecule has 0 radical (unpaired) electrons. The molecular weight excluding hydrogens is 332 g/mol. The normalized spacial score (nSPS) is 23.0. The number of rotatable bonds is 5. The second-order valence-corrected chi connectivity index (χ2v) is 6.96. The number of carbonyl (C=O) groups excluding carboxylic acids is 1. The molecule has 0 amide bonds. The molecular formula is C19H26N4O3. The summed E-state index contributed by atoms with van der Waals surface area (Å²) in [4.78, 5) is 16.2. The lowest BCUT2D eigenvalue weighted by Crippen LogP contribution is -2.40. The topological polar surface area (TPSA) is 103 Å². The van der Waals surface area contributed by atoms with E-state index in [1.165, 1.54) is 12.7 Å². The molecule has 0 aliphatic heterocycles. The van der Waals surface area contributed by atoms with E-state index in [2.05, 4.69) is 29.1 Å². The van der Waals surface area contributed by atoms with Gasteiger partial charge in [0.1, 0.15) is 12.2 Å². The number of nitrogens with zero attached hydrogens (tertiary/aromatic N) is 3. The maximum absolute atomic E-state index is 11.6. The number of hydrogen-bond acceptors (Lipinski definition) is 6. The van der Waals surface area contributed by atoms with Gasteiger partial charge in [-0.15, -0.1) is 0 Å². The van der Waals surface area contributed by atoms with Crippen LogP contribution in [0.15, 0.2) is 24.3 Å². The monoisotopic (exact) mass is 358 g/mol. The number of aliphatic hydroxyl groups is 1. The van der Waals surface area contributed by atoms with Gasteiger partial charge < -0.3 is 15.6 Å². The molecule has 1 heterocycles. The van der Waals surface area contributed by atoms with E-state index in [1.54, 1.807) is 0 Å². The fraction of sp³-hybridized carbons (Fsp3) is 0.526. The lowest BCUT2D eigenvalue weighted by atomic mass is 9.84. The molecule has 140 valence electrons. The van der Waals surface area contributed by atoms with Crippen LogP contribution in [0.2, 0.25) is 0 Å². The van der Waals surface area contributed by atoms with Gasteiger partial charge in [0.25, 0.3) is 0 Å². The Bertz CT molecular complexity index is 774. The Morgan fingerprint density at radius 2 is 2.15 bits per heavy atom. The molecule has 1 aliphatic carbocycles. The van der Waals surface area contributed by atoms with Crippen molar-refractivity contribution in [2.45, 2.75) is 57.2 Å². The predicted molar refractivity (Wildman–Crippen MR) is 96.6 cm³/mol. The molecule has 0 unspecified atom stereocenters. The molecule has 3 atom stereocenters. The average Bonchev–Trinajstić information content (AvgIpc) is 3.01. The lowest BCUT2D eigenvalue weighted by molar-refractivity contribution is -0.139. The van der Waals surface area contributed by atoms with E-state index in [0.717, 1.165) is 24.2 Å². The summed E-state index contributed by atoms with van der Waals surface area (Å²) >= 11 is 0. The summed E-state index contributed by atoms with van der Waals surface area (Å²) in [5, 5.41) is 14.7. The fourth-order valence-corrected chi connectivity index (χ4v) is 3.45. The van der Waals surface area contributed by atoms with Crippen molar-refractivity contribution in [2.75, 3.05) is 7.11 Å². The van der Waals surface area contributed by atoms with Crippen LogP contribution in [0.5, 0.6) is 0 Å². The summed E-state index contributed by atoms with van der Waals surface area (Å²) in [6.07, 6.45) is 1.66. The van der Waals surface area contributed by atoms with E-state index in [-0.39, 0.29) is 24.3 Å². The maximum atomic E-state index is 11.6. The molecule has 1 saturated carbocycles. The Hall–Kier alpha value is -2.25. The lowest BCUT2D eigenvalue weighted by Gasteiger charge is -2.30. The van der Waals surface area contributed by atoms with Gasteiger partial charge in [-0.1, -0.05) is 24.3 Å². The van der Waals surface area contributed by atoms with E-state index in [0.29, 0.717) is 18.8 Å². The van der Waals surface area contributed by atoms with E-state index < -0.39 is 6.10 Å². The van der Waals surface area contributed by atoms with Crippen LogP contribution < -0.4 is 5.73 Å². The van der Waals surface area contributed by atoms with Crippen molar-refractivity contribution in [3.05, 3.63) is 47.0 Å². The molecule has 3 rings (SSSR count). The molecule has 7 heteroatoms. The van der Waals surface area contributed by atoms with E-state index in [1.807, 2.05) is 16.8 Å². The van der Waals surface area contributed by atoms with Crippen LogP contribution >= 0.6 is 0 Å².